The summed E-state index contributed by atoms with van der Waals surface area (Å²) in [7, 11) is -3.53. The van der Waals surface area contributed by atoms with Gasteiger partial charge < -0.3 is 10.2 Å². The van der Waals surface area contributed by atoms with E-state index in [0.29, 0.717) is 29.5 Å². The van der Waals surface area contributed by atoms with Crippen molar-refractivity contribution in [3.05, 3.63) is 53.6 Å². The summed E-state index contributed by atoms with van der Waals surface area (Å²) in [6.07, 6.45) is 3.98. The van der Waals surface area contributed by atoms with Gasteiger partial charge >= 0.3 is 0 Å². The Kier molecular flexibility index (Phi) is 6.83. The first kappa shape index (κ1) is 22.8. The lowest BCUT2D eigenvalue weighted by atomic mass is 10.1. The van der Waals surface area contributed by atoms with Crippen LogP contribution < -0.4 is 10.2 Å². The number of anilines is 2. The fourth-order valence-electron chi connectivity index (χ4n) is 4.14. The second kappa shape index (κ2) is 9.60. The zero-order valence-corrected chi connectivity index (χ0v) is 19.2. The minimum absolute atomic E-state index is 0.119. The second-order valence-electron chi connectivity index (χ2n) is 8.21. The van der Waals surface area contributed by atoms with Crippen molar-refractivity contribution in [3.8, 4) is 0 Å². The molecule has 0 saturated carbocycles. The first-order valence-electron chi connectivity index (χ1n) is 10.8. The van der Waals surface area contributed by atoms with Crippen molar-refractivity contribution in [2.24, 2.45) is 5.92 Å². The van der Waals surface area contributed by atoms with Crippen molar-refractivity contribution in [1.29, 1.82) is 0 Å². The van der Waals surface area contributed by atoms with Crippen LogP contribution in [-0.2, 0) is 19.6 Å². The van der Waals surface area contributed by atoms with Crippen molar-refractivity contribution in [2.75, 3.05) is 29.9 Å². The van der Waals surface area contributed by atoms with Crippen LogP contribution in [0, 0.1) is 5.92 Å². The molecule has 32 heavy (non-hydrogen) atoms. The van der Waals surface area contributed by atoms with Gasteiger partial charge in [0, 0.05) is 42.5 Å². The number of nitrogens with zero attached hydrogens (tertiary/aromatic N) is 2. The number of benzene rings is 2. The number of nitrogens with one attached hydrogen (secondary N) is 1. The molecule has 2 aromatic carbocycles. The Labute approximate surface area is 193 Å². The van der Waals surface area contributed by atoms with E-state index in [-0.39, 0.29) is 29.7 Å². The summed E-state index contributed by atoms with van der Waals surface area (Å²) < 4.78 is 27.3. The Morgan fingerprint density at radius 2 is 1.56 bits per heavy atom. The van der Waals surface area contributed by atoms with Crippen molar-refractivity contribution >= 4 is 44.8 Å². The molecule has 2 aromatic rings. The minimum atomic E-state index is -3.53. The Hall–Kier alpha value is -2.42. The summed E-state index contributed by atoms with van der Waals surface area (Å²) in [5.74, 6) is -0.872. The Bertz CT molecular complexity index is 1080. The number of hydrogen-bond acceptors (Lipinski definition) is 4. The van der Waals surface area contributed by atoms with Crippen LogP contribution in [0.2, 0.25) is 5.02 Å². The highest BCUT2D eigenvalue weighted by Crippen LogP contribution is 2.28. The van der Waals surface area contributed by atoms with Crippen molar-refractivity contribution < 1.29 is 18.0 Å². The standard InChI is InChI=1S/C23H26ClN3O4S/c24-18-5-9-20(10-6-18)27-16-17(15-22(27)28)23(29)25-19-7-11-21(12-8-19)32(30,31)26-13-3-1-2-4-14-26/h5-12,17H,1-4,13-16H2,(H,25,29)/t17-/m1/s1. The van der Waals surface area contributed by atoms with E-state index in [9.17, 15) is 18.0 Å². The third kappa shape index (κ3) is 4.98. The predicted molar refractivity (Wildman–Crippen MR) is 124 cm³/mol. The number of sulfonamides is 1. The smallest absolute Gasteiger partial charge is 0.243 e. The summed E-state index contributed by atoms with van der Waals surface area (Å²) in [5.41, 5.74) is 1.21. The first-order valence-corrected chi connectivity index (χ1v) is 12.6. The van der Waals surface area contributed by atoms with Crippen LogP contribution in [0.4, 0.5) is 11.4 Å². The maximum atomic E-state index is 12.9. The van der Waals surface area contributed by atoms with E-state index < -0.39 is 15.9 Å². The van der Waals surface area contributed by atoms with Crippen LogP contribution in [0.1, 0.15) is 32.1 Å². The Morgan fingerprint density at radius 3 is 2.19 bits per heavy atom. The SMILES string of the molecule is O=C(Nc1ccc(S(=O)(=O)N2CCCCCC2)cc1)[C@@H]1CC(=O)N(c2ccc(Cl)cc2)C1. The summed E-state index contributed by atoms with van der Waals surface area (Å²) >= 11 is 5.91. The van der Waals surface area contributed by atoms with Crippen LogP contribution in [0.15, 0.2) is 53.4 Å². The summed E-state index contributed by atoms with van der Waals surface area (Å²) in [5, 5.41) is 3.39. The minimum Gasteiger partial charge on any atom is -0.326 e. The number of carbonyl (C=O) groups is 2. The lowest BCUT2D eigenvalue weighted by Gasteiger charge is -2.20. The van der Waals surface area contributed by atoms with E-state index in [1.165, 1.54) is 12.1 Å². The molecule has 0 aliphatic carbocycles. The highest BCUT2D eigenvalue weighted by molar-refractivity contribution is 7.89. The van der Waals surface area contributed by atoms with E-state index in [1.54, 1.807) is 45.6 Å². The van der Waals surface area contributed by atoms with Crippen molar-refractivity contribution in [1.82, 2.24) is 4.31 Å². The molecule has 4 rings (SSSR count). The number of amides is 2. The van der Waals surface area contributed by atoms with Gasteiger partial charge in [0.15, 0.2) is 0 Å². The highest BCUT2D eigenvalue weighted by Gasteiger charge is 2.35. The molecule has 0 aromatic heterocycles. The van der Waals surface area contributed by atoms with Gasteiger partial charge in [-0.2, -0.15) is 4.31 Å². The quantitative estimate of drug-likeness (QED) is 0.710. The fourth-order valence-corrected chi connectivity index (χ4v) is 5.78. The third-order valence-electron chi connectivity index (χ3n) is 5.96. The van der Waals surface area contributed by atoms with Crippen LogP contribution in [-0.4, -0.2) is 44.2 Å². The second-order valence-corrected chi connectivity index (χ2v) is 10.6. The molecule has 1 N–H and O–H groups in total. The van der Waals surface area contributed by atoms with Crippen LogP contribution >= 0.6 is 11.6 Å². The predicted octanol–water partition coefficient (Wildman–Crippen LogP) is 3.90. The van der Waals surface area contributed by atoms with E-state index in [1.807, 2.05) is 0 Å². The summed E-state index contributed by atoms with van der Waals surface area (Å²) in [6, 6.07) is 13.2. The molecule has 9 heteroatoms. The average Bonchev–Trinajstić information content (AvgIpc) is 2.98. The van der Waals surface area contributed by atoms with E-state index >= 15 is 0 Å². The highest BCUT2D eigenvalue weighted by atomic mass is 35.5. The fraction of sp³-hybridized carbons (Fsp3) is 0.391. The van der Waals surface area contributed by atoms with E-state index in [4.69, 9.17) is 11.6 Å². The average molecular weight is 476 g/mol. The lowest BCUT2D eigenvalue weighted by molar-refractivity contribution is -0.122. The topological polar surface area (TPSA) is 86.8 Å². The van der Waals surface area contributed by atoms with Crippen molar-refractivity contribution in [3.63, 3.8) is 0 Å². The molecule has 2 fully saturated rings. The third-order valence-corrected chi connectivity index (χ3v) is 8.12. The first-order chi connectivity index (χ1) is 15.3. The normalized spacial score (nSPS) is 20.2. The van der Waals surface area contributed by atoms with Crippen molar-refractivity contribution in [2.45, 2.75) is 37.0 Å². The molecule has 0 radical (unpaired) electrons. The molecule has 170 valence electrons. The van der Waals surface area contributed by atoms with Gasteiger partial charge in [-0.05, 0) is 61.4 Å². The van der Waals surface area contributed by atoms with E-state index in [2.05, 4.69) is 5.32 Å². The van der Waals surface area contributed by atoms with Gasteiger partial charge in [-0.3, -0.25) is 9.59 Å². The summed E-state index contributed by atoms with van der Waals surface area (Å²) in [4.78, 5) is 26.9. The van der Waals surface area contributed by atoms with Gasteiger partial charge in [-0.15, -0.1) is 0 Å². The molecule has 2 heterocycles. The number of hydrogen-bond donors (Lipinski definition) is 1. The molecule has 0 spiro atoms. The maximum Gasteiger partial charge on any atom is 0.243 e. The van der Waals surface area contributed by atoms with Gasteiger partial charge in [0.1, 0.15) is 0 Å². The molecule has 2 amide bonds. The van der Waals surface area contributed by atoms with Gasteiger partial charge in [0.05, 0.1) is 10.8 Å². The molecule has 2 saturated heterocycles. The number of rotatable bonds is 5. The summed E-state index contributed by atoms with van der Waals surface area (Å²) in [6.45, 7) is 1.37. The van der Waals surface area contributed by atoms with E-state index in [0.717, 1.165) is 25.7 Å². The number of carbonyl (C=O) groups excluding carboxylic acids is 2. The Morgan fingerprint density at radius 1 is 0.938 bits per heavy atom. The lowest BCUT2D eigenvalue weighted by Crippen LogP contribution is -2.32. The molecular weight excluding hydrogens is 450 g/mol. The van der Waals surface area contributed by atoms with Gasteiger partial charge in [-0.25, -0.2) is 8.42 Å². The zero-order chi connectivity index (χ0) is 22.7. The van der Waals surface area contributed by atoms with Crippen LogP contribution in [0.5, 0.6) is 0 Å². The number of halogens is 1. The van der Waals surface area contributed by atoms with Gasteiger partial charge in [-0.1, -0.05) is 24.4 Å². The van der Waals surface area contributed by atoms with Gasteiger partial charge in [0.2, 0.25) is 21.8 Å². The van der Waals surface area contributed by atoms with Crippen LogP contribution in [0.25, 0.3) is 0 Å². The molecule has 1 atom stereocenters. The molecule has 2 aliphatic rings. The molecule has 2 aliphatic heterocycles. The Balaban J connectivity index is 1.39. The molecule has 7 nitrogen and oxygen atoms in total. The molecule has 0 unspecified atom stereocenters. The van der Waals surface area contributed by atoms with Gasteiger partial charge in [0.25, 0.3) is 0 Å². The largest absolute Gasteiger partial charge is 0.326 e. The molecular formula is C23H26ClN3O4S. The van der Waals surface area contributed by atoms with Crippen LogP contribution in [0.3, 0.4) is 0 Å². The monoisotopic (exact) mass is 475 g/mol. The maximum absolute atomic E-state index is 12.9. The zero-order valence-electron chi connectivity index (χ0n) is 17.7. The molecule has 0 bridgehead atoms.